The molecule has 0 atom stereocenters. The Morgan fingerprint density at radius 2 is 2.18 bits per heavy atom. The van der Waals surface area contributed by atoms with Crippen molar-refractivity contribution >= 4 is 10.9 Å². The zero-order chi connectivity index (χ0) is 6.97. The number of hydrogen-bond acceptors (Lipinski definition) is 0. The van der Waals surface area contributed by atoms with Crippen molar-refractivity contribution in [3.05, 3.63) is 36.0 Å². The number of nitrogens with one attached hydrogen (secondary N) is 1. The summed E-state index contributed by atoms with van der Waals surface area (Å²) in [4.78, 5) is 3.10. The van der Waals surface area contributed by atoms with Gasteiger partial charge in [0.2, 0.25) is 0 Å². The Balaban J connectivity index is 0.000000605. The molecule has 50 valence electrons. The molecule has 1 heterocycles. The summed E-state index contributed by atoms with van der Waals surface area (Å²) >= 11 is 0. The molecule has 0 spiro atoms. The van der Waals surface area contributed by atoms with Crippen LogP contribution in [0.5, 0.6) is 0 Å². The Labute approximate surface area is 109 Å². The first-order valence-corrected chi connectivity index (χ1v) is 3.32. The zero-order valence-electron chi connectivity index (χ0n) is 6.81. The van der Waals surface area contributed by atoms with E-state index < -0.39 is 0 Å². The summed E-state index contributed by atoms with van der Waals surface area (Å²) in [5.74, 6) is 0. The summed E-state index contributed by atoms with van der Waals surface area (Å²) in [7, 11) is 0. The molecule has 2 aromatic rings. The van der Waals surface area contributed by atoms with Crippen molar-refractivity contribution in [1.82, 2.24) is 4.98 Å². The predicted molar refractivity (Wildman–Crippen MR) is 41.9 cm³/mol. The van der Waals surface area contributed by atoms with Gasteiger partial charge in [0.05, 0.1) is 0 Å². The van der Waals surface area contributed by atoms with Crippen LogP contribution in [0.15, 0.2) is 24.4 Å². The third-order valence-electron chi connectivity index (χ3n) is 1.63. The molecule has 1 nitrogen and oxygen atoms in total. The van der Waals surface area contributed by atoms with Gasteiger partial charge in [-0.15, -0.1) is 6.07 Å². The molecule has 2 heteroatoms. The number of benzene rings is 1. The van der Waals surface area contributed by atoms with Gasteiger partial charge in [0, 0.05) is 0 Å². The van der Waals surface area contributed by atoms with E-state index in [4.69, 9.17) is 0 Å². The van der Waals surface area contributed by atoms with E-state index in [1.165, 1.54) is 11.1 Å². The molecule has 0 unspecified atom stereocenters. The predicted octanol–water partition coefficient (Wildman–Crippen LogP) is -0.719. The van der Waals surface area contributed by atoms with E-state index in [2.05, 4.69) is 36.2 Å². The smallest absolute Gasteiger partial charge is 0.424 e. The van der Waals surface area contributed by atoms with Crippen LogP contribution < -0.4 is 51.4 Å². The average Bonchev–Trinajstić information content (AvgIpc) is 2.33. The van der Waals surface area contributed by atoms with E-state index in [1.54, 1.807) is 0 Å². The third-order valence-corrected chi connectivity index (χ3v) is 1.63. The van der Waals surface area contributed by atoms with Crippen molar-refractivity contribution in [2.45, 2.75) is 6.92 Å². The minimum Gasteiger partial charge on any atom is -0.424 e. The topological polar surface area (TPSA) is 15.8 Å². The summed E-state index contributed by atoms with van der Waals surface area (Å²) in [6, 6.07) is 9.37. The maximum atomic E-state index is 3.10. The summed E-state index contributed by atoms with van der Waals surface area (Å²) in [5.41, 5.74) is 2.45. The Morgan fingerprint density at radius 3 is 3.00 bits per heavy atom. The van der Waals surface area contributed by atoms with Crippen molar-refractivity contribution in [3.63, 3.8) is 0 Å². The zero-order valence-corrected chi connectivity index (χ0v) is 9.93. The molecule has 0 amide bonds. The largest absolute Gasteiger partial charge is 1.00 e. The van der Waals surface area contributed by atoms with Crippen molar-refractivity contribution in [2.24, 2.45) is 0 Å². The fraction of sp³-hybridized carbons (Fsp3) is 0.111. The third kappa shape index (κ3) is 1.95. The minimum atomic E-state index is 0. The summed E-state index contributed by atoms with van der Waals surface area (Å²) < 4.78 is 0. The molecule has 1 aromatic carbocycles. The SMILES string of the molecule is Cc1ccc2[c-]c[nH]c2c1.[K+]. The van der Waals surface area contributed by atoms with Crippen molar-refractivity contribution in [1.29, 1.82) is 0 Å². The molecule has 2 rings (SSSR count). The van der Waals surface area contributed by atoms with Crippen LogP contribution in [0.4, 0.5) is 0 Å². The molecule has 0 aliphatic heterocycles. The van der Waals surface area contributed by atoms with E-state index in [-0.39, 0.29) is 51.4 Å². The molecule has 0 aliphatic rings. The van der Waals surface area contributed by atoms with Gasteiger partial charge in [-0.1, -0.05) is 23.3 Å². The fourth-order valence-electron chi connectivity index (χ4n) is 1.09. The average molecular weight is 169 g/mol. The normalized spacial score (nSPS) is 9.55. The molecular weight excluding hydrogens is 161 g/mol. The molecule has 0 bridgehead atoms. The fourth-order valence-corrected chi connectivity index (χ4v) is 1.09. The van der Waals surface area contributed by atoms with E-state index >= 15 is 0 Å². The quantitative estimate of drug-likeness (QED) is 0.396. The van der Waals surface area contributed by atoms with Gasteiger partial charge in [-0.25, -0.2) is 0 Å². The second-order valence-corrected chi connectivity index (χ2v) is 2.48. The second-order valence-electron chi connectivity index (χ2n) is 2.48. The number of rotatable bonds is 0. The molecule has 0 fully saturated rings. The van der Waals surface area contributed by atoms with E-state index in [9.17, 15) is 0 Å². The molecule has 11 heavy (non-hydrogen) atoms. The molecule has 1 N–H and O–H groups in total. The number of aromatic nitrogens is 1. The standard InChI is InChI=1S/C9H8N.K/c1-7-2-3-8-4-5-10-9(8)6-7;/h2-3,5-6,10H,1H3;/q-1;+1. The van der Waals surface area contributed by atoms with Crippen LogP contribution in [0.1, 0.15) is 5.56 Å². The van der Waals surface area contributed by atoms with E-state index in [0.29, 0.717) is 0 Å². The first kappa shape index (κ1) is 9.48. The first-order valence-electron chi connectivity index (χ1n) is 3.32. The van der Waals surface area contributed by atoms with Gasteiger partial charge in [0.15, 0.2) is 0 Å². The Morgan fingerprint density at radius 1 is 1.36 bits per heavy atom. The van der Waals surface area contributed by atoms with Crippen LogP contribution in [0.25, 0.3) is 10.9 Å². The van der Waals surface area contributed by atoms with Crippen molar-refractivity contribution in [2.75, 3.05) is 0 Å². The maximum Gasteiger partial charge on any atom is 1.00 e. The minimum absolute atomic E-state index is 0. The molecule has 1 aromatic heterocycles. The maximum absolute atomic E-state index is 3.10. The first-order chi connectivity index (χ1) is 4.86. The number of aryl methyl sites for hydroxylation is 1. The number of hydrogen-bond donors (Lipinski definition) is 1. The summed E-state index contributed by atoms with van der Waals surface area (Å²) in [6.45, 7) is 2.08. The van der Waals surface area contributed by atoms with E-state index in [1.807, 2.05) is 6.20 Å². The van der Waals surface area contributed by atoms with Crippen molar-refractivity contribution in [3.8, 4) is 0 Å². The van der Waals surface area contributed by atoms with Crippen LogP contribution in [-0.2, 0) is 0 Å². The summed E-state index contributed by atoms with van der Waals surface area (Å²) in [6.07, 6.45) is 1.84. The van der Waals surface area contributed by atoms with Gasteiger partial charge in [0.25, 0.3) is 0 Å². The Hall–Kier alpha value is 0.396. The van der Waals surface area contributed by atoms with Crippen LogP contribution in [0.3, 0.4) is 0 Å². The van der Waals surface area contributed by atoms with Gasteiger partial charge < -0.3 is 4.98 Å². The molecule has 0 saturated carbocycles. The van der Waals surface area contributed by atoms with Crippen molar-refractivity contribution < 1.29 is 51.4 Å². The van der Waals surface area contributed by atoms with Crippen LogP contribution >= 0.6 is 0 Å². The second kappa shape index (κ2) is 3.87. The van der Waals surface area contributed by atoms with Crippen LogP contribution in [-0.4, -0.2) is 4.98 Å². The summed E-state index contributed by atoms with van der Waals surface area (Å²) in [5, 5.41) is 1.16. The number of fused-ring (bicyclic) bond motifs is 1. The molecular formula is C9H8KN. The Bertz CT molecular complexity index is 351. The van der Waals surface area contributed by atoms with Gasteiger partial charge in [0.1, 0.15) is 0 Å². The molecule has 0 aliphatic carbocycles. The van der Waals surface area contributed by atoms with Gasteiger partial charge in [-0.2, -0.15) is 17.5 Å². The van der Waals surface area contributed by atoms with Crippen LogP contribution in [0, 0.1) is 13.0 Å². The van der Waals surface area contributed by atoms with Gasteiger partial charge >= 0.3 is 51.4 Å². The number of H-pyrrole nitrogens is 1. The van der Waals surface area contributed by atoms with Crippen LogP contribution in [0.2, 0.25) is 0 Å². The molecule has 0 radical (unpaired) electrons. The molecule has 0 saturated heterocycles. The van der Waals surface area contributed by atoms with Gasteiger partial charge in [-0.3, -0.25) is 0 Å². The number of aromatic amines is 1. The van der Waals surface area contributed by atoms with E-state index in [0.717, 1.165) is 5.39 Å². The monoisotopic (exact) mass is 169 g/mol. The van der Waals surface area contributed by atoms with Gasteiger partial charge in [-0.05, 0) is 6.92 Å². The Kier molecular flexibility index (Phi) is 3.34.